The summed E-state index contributed by atoms with van der Waals surface area (Å²) >= 11 is 0. The Morgan fingerprint density at radius 1 is 1.12 bits per heavy atom. The van der Waals surface area contributed by atoms with Crippen molar-refractivity contribution >= 4 is 0 Å². The molecule has 2 unspecified atom stereocenters. The van der Waals surface area contributed by atoms with Crippen molar-refractivity contribution in [3.05, 3.63) is 35.9 Å². The molecule has 2 nitrogen and oxygen atoms in total. The van der Waals surface area contributed by atoms with Crippen LogP contribution in [0.15, 0.2) is 30.3 Å². The molecule has 0 saturated carbocycles. The van der Waals surface area contributed by atoms with Gasteiger partial charge in [-0.3, -0.25) is 0 Å². The minimum absolute atomic E-state index is 0.266. The monoisotopic (exact) mass is 221 g/mol. The molecular weight excluding hydrogens is 198 g/mol. The topological polar surface area (TPSA) is 12.5 Å². The second kappa shape index (κ2) is 6.66. The molecule has 0 fully saturated rings. The van der Waals surface area contributed by atoms with Gasteiger partial charge in [0.1, 0.15) is 0 Å². The molecule has 2 heteroatoms. The van der Waals surface area contributed by atoms with E-state index >= 15 is 0 Å². The number of ether oxygens (including phenoxy) is 1. The molecule has 1 aromatic carbocycles. The van der Waals surface area contributed by atoms with Gasteiger partial charge in [-0.25, -0.2) is 0 Å². The van der Waals surface area contributed by atoms with Gasteiger partial charge in [0.25, 0.3) is 0 Å². The fourth-order valence-corrected chi connectivity index (χ4v) is 1.59. The van der Waals surface area contributed by atoms with Crippen LogP contribution in [-0.4, -0.2) is 38.3 Å². The fourth-order valence-electron chi connectivity index (χ4n) is 1.59. The first kappa shape index (κ1) is 13.2. The lowest BCUT2D eigenvalue weighted by Gasteiger charge is -2.22. The first-order valence-corrected chi connectivity index (χ1v) is 5.92. The summed E-state index contributed by atoms with van der Waals surface area (Å²) in [4.78, 5) is 2.14. The van der Waals surface area contributed by atoms with Gasteiger partial charge in [0, 0.05) is 12.5 Å². The van der Waals surface area contributed by atoms with Gasteiger partial charge in [0.2, 0.25) is 0 Å². The molecule has 0 aliphatic carbocycles. The van der Waals surface area contributed by atoms with Gasteiger partial charge >= 0.3 is 0 Å². The maximum Gasteiger partial charge on any atom is 0.0613 e. The molecule has 16 heavy (non-hydrogen) atoms. The smallest absolute Gasteiger partial charge is 0.0613 e. The van der Waals surface area contributed by atoms with E-state index in [-0.39, 0.29) is 6.10 Å². The SMILES string of the molecule is CC(OCCN(C)C)C(C)c1ccccc1. The molecule has 0 saturated heterocycles. The lowest BCUT2D eigenvalue weighted by molar-refractivity contribution is 0.0420. The van der Waals surface area contributed by atoms with Crippen LogP contribution in [-0.2, 0) is 4.74 Å². The highest BCUT2D eigenvalue weighted by Crippen LogP contribution is 2.20. The fraction of sp³-hybridized carbons (Fsp3) is 0.571. The number of likely N-dealkylation sites (N-methyl/N-ethyl adjacent to an activating group) is 1. The van der Waals surface area contributed by atoms with Gasteiger partial charge in [-0.2, -0.15) is 0 Å². The van der Waals surface area contributed by atoms with Crippen LogP contribution in [0.25, 0.3) is 0 Å². The zero-order chi connectivity index (χ0) is 12.0. The normalized spacial score (nSPS) is 15.1. The summed E-state index contributed by atoms with van der Waals surface area (Å²) in [6.07, 6.45) is 0.266. The average molecular weight is 221 g/mol. The molecule has 1 rings (SSSR count). The Morgan fingerprint density at radius 3 is 2.31 bits per heavy atom. The molecule has 0 aliphatic rings. The second-order valence-corrected chi connectivity index (χ2v) is 4.58. The van der Waals surface area contributed by atoms with Crippen LogP contribution in [0.1, 0.15) is 25.3 Å². The van der Waals surface area contributed by atoms with Crippen LogP contribution >= 0.6 is 0 Å². The summed E-state index contributed by atoms with van der Waals surface area (Å²) in [6.45, 7) is 6.14. The van der Waals surface area contributed by atoms with Crippen LogP contribution < -0.4 is 0 Å². The maximum atomic E-state index is 5.83. The zero-order valence-electron chi connectivity index (χ0n) is 10.8. The van der Waals surface area contributed by atoms with Crippen molar-refractivity contribution in [2.45, 2.75) is 25.9 Å². The van der Waals surface area contributed by atoms with E-state index in [4.69, 9.17) is 4.74 Å². The summed E-state index contributed by atoms with van der Waals surface area (Å²) in [6, 6.07) is 10.5. The first-order valence-electron chi connectivity index (χ1n) is 5.92. The van der Waals surface area contributed by atoms with Gasteiger partial charge in [-0.1, -0.05) is 37.3 Å². The van der Waals surface area contributed by atoms with Crippen molar-refractivity contribution in [1.29, 1.82) is 0 Å². The Kier molecular flexibility index (Phi) is 5.50. The van der Waals surface area contributed by atoms with E-state index in [0.29, 0.717) is 5.92 Å². The standard InChI is InChI=1S/C14H23NO/c1-12(14-8-6-5-7-9-14)13(2)16-11-10-15(3)4/h5-9,12-13H,10-11H2,1-4H3. The quantitative estimate of drug-likeness (QED) is 0.732. The van der Waals surface area contributed by atoms with E-state index in [0.717, 1.165) is 13.2 Å². The third-order valence-electron chi connectivity index (χ3n) is 2.95. The minimum Gasteiger partial charge on any atom is -0.377 e. The molecule has 0 radical (unpaired) electrons. The van der Waals surface area contributed by atoms with Crippen LogP contribution in [0.4, 0.5) is 0 Å². The van der Waals surface area contributed by atoms with Gasteiger partial charge < -0.3 is 9.64 Å². The Balaban J connectivity index is 2.39. The van der Waals surface area contributed by atoms with E-state index in [2.05, 4.69) is 57.1 Å². The van der Waals surface area contributed by atoms with Gasteiger partial charge in [0.05, 0.1) is 12.7 Å². The summed E-state index contributed by atoms with van der Waals surface area (Å²) in [5.41, 5.74) is 1.35. The zero-order valence-corrected chi connectivity index (χ0v) is 10.8. The van der Waals surface area contributed by atoms with Gasteiger partial charge in [-0.05, 0) is 26.6 Å². The van der Waals surface area contributed by atoms with Crippen LogP contribution in [0.3, 0.4) is 0 Å². The Morgan fingerprint density at radius 2 is 1.75 bits per heavy atom. The average Bonchev–Trinajstić information content (AvgIpc) is 2.28. The number of benzene rings is 1. The number of rotatable bonds is 6. The van der Waals surface area contributed by atoms with Crippen molar-refractivity contribution in [2.24, 2.45) is 0 Å². The van der Waals surface area contributed by atoms with Crippen LogP contribution in [0.5, 0.6) is 0 Å². The molecule has 0 aromatic heterocycles. The predicted octanol–water partition coefficient (Wildman–Crippen LogP) is 2.76. The predicted molar refractivity (Wildman–Crippen MR) is 68.8 cm³/mol. The van der Waals surface area contributed by atoms with E-state index in [1.807, 2.05) is 6.07 Å². The van der Waals surface area contributed by atoms with Gasteiger partial charge in [-0.15, -0.1) is 0 Å². The van der Waals surface area contributed by atoms with Gasteiger partial charge in [0.15, 0.2) is 0 Å². The molecule has 0 heterocycles. The molecule has 0 bridgehead atoms. The third kappa shape index (κ3) is 4.33. The highest BCUT2D eigenvalue weighted by atomic mass is 16.5. The van der Waals surface area contributed by atoms with Crippen molar-refractivity contribution in [3.8, 4) is 0 Å². The molecule has 0 amide bonds. The van der Waals surface area contributed by atoms with Crippen LogP contribution in [0.2, 0.25) is 0 Å². The molecule has 0 N–H and O–H groups in total. The van der Waals surface area contributed by atoms with Crippen molar-refractivity contribution < 1.29 is 4.74 Å². The van der Waals surface area contributed by atoms with E-state index in [1.54, 1.807) is 0 Å². The van der Waals surface area contributed by atoms with E-state index < -0.39 is 0 Å². The van der Waals surface area contributed by atoms with E-state index in [9.17, 15) is 0 Å². The van der Waals surface area contributed by atoms with E-state index in [1.165, 1.54) is 5.56 Å². The highest BCUT2D eigenvalue weighted by Gasteiger charge is 2.14. The summed E-state index contributed by atoms with van der Waals surface area (Å²) < 4.78 is 5.83. The van der Waals surface area contributed by atoms with Crippen molar-refractivity contribution in [2.75, 3.05) is 27.2 Å². The minimum atomic E-state index is 0.266. The van der Waals surface area contributed by atoms with Crippen molar-refractivity contribution in [3.63, 3.8) is 0 Å². The molecule has 90 valence electrons. The Hall–Kier alpha value is -0.860. The lowest BCUT2D eigenvalue weighted by atomic mass is 9.96. The summed E-state index contributed by atoms with van der Waals surface area (Å²) in [5.74, 6) is 0.448. The molecule has 2 atom stereocenters. The molecule has 0 spiro atoms. The number of nitrogens with zero attached hydrogens (tertiary/aromatic N) is 1. The third-order valence-corrected chi connectivity index (χ3v) is 2.95. The van der Waals surface area contributed by atoms with Crippen molar-refractivity contribution in [1.82, 2.24) is 4.90 Å². The second-order valence-electron chi connectivity index (χ2n) is 4.58. The summed E-state index contributed by atoms with van der Waals surface area (Å²) in [7, 11) is 4.13. The highest BCUT2D eigenvalue weighted by molar-refractivity contribution is 5.19. The lowest BCUT2D eigenvalue weighted by Crippen LogP contribution is -2.23. The Labute approximate surface area is 99.2 Å². The number of hydrogen-bond donors (Lipinski definition) is 0. The Bertz CT molecular complexity index is 284. The maximum absolute atomic E-state index is 5.83. The molecule has 0 aliphatic heterocycles. The summed E-state index contributed by atoms with van der Waals surface area (Å²) in [5, 5.41) is 0. The number of hydrogen-bond acceptors (Lipinski definition) is 2. The largest absolute Gasteiger partial charge is 0.377 e. The molecular formula is C14H23NO. The first-order chi connectivity index (χ1) is 7.61. The molecule has 1 aromatic rings. The van der Waals surface area contributed by atoms with Crippen LogP contribution in [0, 0.1) is 0 Å².